The second kappa shape index (κ2) is 6.24. The van der Waals surface area contributed by atoms with Gasteiger partial charge in [0, 0.05) is 18.2 Å². The predicted octanol–water partition coefficient (Wildman–Crippen LogP) is 1.51. The van der Waals surface area contributed by atoms with Crippen LogP contribution in [0, 0.1) is 0 Å². The Morgan fingerprint density at radius 3 is 3.05 bits per heavy atom. The summed E-state index contributed by atoms with van der Waals surface area (Å²) in [5.41, 5.74) is 7.69. The summed E-state index contributed by atoms with van der Waals surface area (Å²) in [7, 11) is 1.34. The molecule has 7 heteroatoms. The number of methoxy groups -OCH3 is 1. The third-order valence-electron chi connectivity index (χ3n) is 2.40. The Hall–Kier alpha value is -2.02. The summed E-state index contributed by atoms with van der Waals surface area (Å²) >= 11 is 1.19. The number of carbonyl (C=O) groups excluding carboxylic acids is 1. The quantitative estimate of drug-likeness (QED) is 0.504. The molecule has 0 saturated heterocycles. The van der Waals surface area contributed by atoms with Gasteiger partial charge in [0.1, 0.15) is 5.82 Å². The number of carbonyl (C=O) groups is 1. The standard InChI is InChI=1S/C12H13N3O3S/c1-17-10(16)7-19-12-14-5-9(11(13)15-12)4-8-2-3-18-6-8/h2-3,5-6H,4,7H2,1H3,(H2,13,14,15). The lowest BCUT2D eigenvalue weighted by atomic mass is 10.1. The zero-order chi connectivity index (χ0) is 13.7. The van der Waals surface area contributed by atoms with Gasteiger partial charge in [0.15, 0.2) is 5.16 Å². The summed E-state index contributed by atoms with van der Waals surface area (Å²) in [5.74, 6) is 0.245. The minimum absolute atomic E-state index is 0.164. The van der Waals surface area contributed by atoms with Gasteiger partial charge in [-0.25, -0.2) is 9.97 Å². The molecule has 0 radical (unpaired) electrons. The van der Waals surface area contributed by atoms with Gasteiger partial charge >= 0.3 is 5.97 Å². The molecule has 0 aromatic carbocycles. The lowest BCUT2D eigenvalue weighted by molar-refractivity contribution is -0.137. The van der Waals surface area contributed by atoms with Gasteiger partial charge in [-0.1, -0.05) is 11.8 Å². The molecule has 0 aliphatic carbocycles. The van der Waals surface area contributed by atoms with E-state index in [-0.39, 0.29) is 11.7 Å². The van der Waals surface area contributed by atoms with Crippen LogP contribution >= 0.6 is 11.8 Å². The summed E-state index contributed by atoms with van der Waals surface area (Å²) in [6.07, 6.45) is 5.53. The molecule has 2 aromatic heterocycles. The first-order valence-electron chi connectivity index (χ1n) is 5.51. The van der Waals surface area contributed by atoms with Crippen molar-refractivity contribution >= 4 is 23.5 Å². The van der Waals surface area contributed by atoms with Gasteiger partial charge in [-0.3, -0.25) is 4.79 Å². The van der Waals surface area contributed by atoms with E-state index in [1.807, 2.05) is 6.07 Å². The monoisotopic (exact) mass is 279 g/mol. The van der Waals surface area contributed by atoms with E-state index in [0.29, 0.717) is 17.4 Å². The van der Waals surface area contributed by atoms with E-state index in [1.54, 1.807) is 18.7 Å². The van der Waals surface area contributed by atoms with Crippen molar-refractivity contribution < 1.29 is 13.9 Å². The normalized spacial score (nSPS) is 10.4. The zero-order valence-corrected chi connectivity index (χ0v) is 11.1. The summed E-state index contributed by atoms with van der Waals surface area (Å²) in [4.78, 5) is 19.3. The average molecular weight is 279 g/mol. The Labute approximate surface area is 114 Å². The maximum absolute atomic E-state index is 11.0. The number of rotatable bonds is 5. The molecule has 100 valence electrons. The number of nitrogens with zero attached hydrogens (tertiary/aromatic N) is 2. The molecule has 0 saturated carbocycles. The van der Waals surface area contributed by atoms with E-state index in [0.717, 1.165) is 11.1 Å². The number of esters is 1. The van der Waals surface area contributed by atoms with Crippen molar-refractivity contribution in [3.8, 4) is 0 Å². The van der Waals surface area contributed by atoms with Crippen molar-refractivity contribution in [2.75, 3.05) is 18.6 Å². The molecule has 0 unspecified atom stereocenters. The number of hydrogen-bond acceptors (Lipinski definition) is 7. The molecule has 0 atom stereocenters. The number of anilines is 1. The van der Waals surface area contributed by atoms with E-state index in [1.165, 1.54) is 18.9 Å². The Bertz CT molecular complexity index is 557. The van der Waals surface area contributed by atoms with Crippen molar-refractivity contribution in [3.05, 3.63) is 35.9 Å². The molecule has 2 N–H and O–H groups in total. The fourth-order valence-electron chi connectivity index (χ4n) is 1.40. The average Bonchev–Trinajstić information content (AvgIpc) is 2.91. The third-order valence-corrected chi connectivity index (χ3v) is 3.23. The number of nitrogen functional groups attached to an aromatic ring is 1. The van der Waals surface area contributed by atoms with Gasteiger partial charge < -0.3 is 14.9 Å². The minimum Gasteiger partial charge on any atom is -0.472 e. The lowest BCUT2D eigenvalue weighted by Crippen LogP contribution is -2.05. The van der Waals surface area contributed by atoms with Crippen LogP contribution in [-0.2, 0) is 16.0 Å². The summed E-state index contributed by atoms with van der Waals surface area (Å²) in [5, 5.41) is 0.457. The molecule has 0 amide bonds. The first-order chi connectivity index (χ1) is 9.19. The van der Waals surface area contributed by atoms with Crippen LogP contribution < -0.4 is 5.73 Å². The van der Waals surface area contributed by atoms with E-state index < -0.39 is 0 Å². The molecule has 0 fully saturated rings. The Morgan fingerprint density at radius 2 is 2.42 bits per heavy atom. The van der Waals surface area contributed by atoms with Crippen LogP contribution in [-0.4, -0.2) is 28.8 Å². The largest absolute Gasteiger partial charge is 0.472 e. The number of ether oxygens (including phenoxy) is 1. The summed E-state index contributed by atoms with van der Waals surface area (Å²) in [6, 6.07) is 1.86. The highest BCUT2D eigenvalue weighted by Crippen LogP contribution is 2.19. The third kappa shape index (κ3) is 3.72. The van der Waals surface area contributed by atoms with Crippen molar-refractivity contribution in [2.45, 2.75) is 11.6 Å². The molecule has 0 aliphatic rings. The topological polar surface area (TPSA) is 91.2 Å². The van der Waals surface area contributed by atoms with Crippen LogP contribution in [0.2, 0.25) is 0 Å². The van der Waals surface area contributed by atoms with E-state index in [2.05, 4.69) is 14.7 Å². The van der Waals surface area contributed by atoms with Crippen molar-refractivity contribution in [1.82, 2.24) is 9.97 Å². The van der Waals surface area contributed by atoms with Crippen LogP contribution in [0.5, 0.6) is 0 Å². The Morgan fingerprint density at radius 1 is 1.58 bits per heavy atom. The van der Waals surface area contributed by atoms with Crippen LogP contribution in [0.4, 0.5) is 5.82 Å². The highest BCUT2D eigenvalue weighted by Gasteiger charge is 2.08. The highest BCUT2D eigenvalue weighted by molar-refractivity contribution is 7.99. The fourth-order valence-corrected chi connectivity index (χ4v) is 2.06. The smallest absolute Gasteiger partial charge is 0.316 e. The van der Waals surface area contributed by atoms with Crippen molar-refractivity contribution in [3.63, 3.8) is 0 Å². The summed E-state index contributed by atoms with van der Waals surface area (Å²) in [6.45, 7) is 0. The molecule has 2 heterocycles. The molecule has 2 rings (SSSR count). The lowest BCUT2D eigenvalue weighted by Gasteiger charge is -2.05. The number of furan rings is 1. The highest BCUT2D eigenvalue weighted by atomic mass is 32.2. The van der Waals surface area contributed by atoms with Gasteiger partial charge in [-0.05, 0) is 11.6 Å². The minimum atomic E-state index is -0.324. The molecule has 2 aromatic rings. The second-order valence-electron chi connectivity index (χ2n) is 3.74. The van der Waals surface area contributed by atoms with E-state index in [4.69, 9.17) is 10.2 Å². The van der Waals surface area contributed by atoms with Gasteiger partial charge in [0.25, 0.3) is 0 Å². The van der Waals surface area contributed by atoms with Gasteiger partial charge in [-0.15, -0.1) is 0 Å². The molecular weight excluding hydrogens is 266 g/mol. The fraction of sp³-hybridized carbons (Fsp3) is 0.250. The maximum atomic E-state index is 11.0. The van der Waals surface area contributed by atoms with E-state index >= 15 is 0 Å². The number of aromatic nitrogens is 2. The molecule has 0 spiro atoms. The molecule has 0 aliphatic heterocycles. The van der Waals surface area contributed by atoms with Crippen LogP contribution in [0.15, 0.2) is 34.4 Å². The van der Waals surface area contributed by atoms with Gasteiger partial charge in [-0.2, -0.15) is 0 Å². The zero-order valence-electron chi connectivity index (χ0n) is 10.3. The van der Waals surface area contributed by atoms with Crippen LogP contribution in [0.1, 0.15) is 11.1 Å². The van der Waals surface area contributed by atoms with Crippen molar-refractivity contribution in [1.29, 1.82) is 0 Å². The first-order valence-corrected chi connectivity index (χ1v) is 6.49. The van der Waals surface area contributed by atoms with Crippen LogP contribution in [0.25, 0.3) is 0 Å². The Balaban J connectivity index is 2.02. The molecule has 0 bridgehead atoms. The molecular formula is C12H13N3O3S. The van der Waals surface area contributed by atoms with Gasteiger partial charge in [0.05, 0.1) is 25.4 Å². The first kappa shape index (κ1) is 13.4. The van der Waals surface area contributed by atoms with Crippen molar-refractivity contribution in [2.24, 2.45) is 0 Å². The summed E-state index contributed by atoms with van der Waals surface area (Å²) < 4.78 is 9.53. The maximum Gasteiger partial charge on any atom is 0.316 e. The number of thioether (sulfide) groups is 1. The van der Waals surface area contributed by atoms with E-state index in [9.17, 15) is 4.79 Å². The Kier molecular flexibility index (Phi) is 4.40. The SMILES string of the molecule is COC(=O)CSc1ncc(Cc2ccoc2)c(N)n1. The second-order valence-corrected chi connectivity index (χ2v) is 4.68. The number of nitrogens with two attached hydrogens (primary N) is 1. The van der Waals surface area contributed by atoms with Gasteiger partial charge in [0.2, 0.25) is 0 Å². The molecule has 6 nitrogen and oxygen atoms in total. The molecule has 19 heavy (non-hydrogen) atoms. The number of hydrogen-bond donors (Lipinski definition) is 1. The van der Waals surface area contributed by atoms with Crippen LogP contribution in [0.3, 0.4) is 0 Å². The predicted molar refractivity (Wildman–Crippen MR) is 70.7 cm³/mol.